The summed E-state index contributed by atoms with van der Waals surface area (Å²) < 4.78 is 17.6. The molecule has 28 heavy (non-hydrogen) atoms. The molecule has 0 atom stereocenters. The fraction of sp³-hybridized carbons (Fsp3) is 0.150. The van der Waals surface area contributed by atoms with E-state index in [1.807, 2.05) is 42.5 Å². The highest BCUT2D eigenvalue weighted by Crippen LogP contribution is 2.39. The Balaban J connectivity index is 1.62. The van der Waals surface area contributed by atoms with E-state index in [1.165, 1.54) is 6.33 Å². The molecule has 0 fully saturated rings. The van der Waals surface area contributed by atoms with Gasteiger partial charge in [-0.15, -0.1) is 0 Å². The third-order valence-electron chi connectivity index (χ3n) is 3.95. The maximum Gasteiger partial charge on any atom is 0.250 e. The van der Waals surface area contributed by atoms with E-state index < -0.39 is 0 Å². The molecular formula is C20H17BrN4O3. The highest BCUT2D eigenvalue weighted by atomic mass is 79.9. The second-order valence-electron chi connectivity index (χ2n) is 5.91. The first-order chi connectivity index (χ1) is 13.7. The Labute approximate surface area is 170 Å². The van der Waals surface area contributed by atoms with E-state index in [4.69, 9.17) is 14.2 Å². The van der Waals surface area contributed by atoms with Crippen LogP contribution in [0.3, 0.4) is 0 Å². The highest BCUT2D eigenvalue weighted by Gasteiger charge is 2.18. The Kier molecular flexibility index (Phi) is 5.50. The summed E-state index contributed by atoms with van der Waals surface area (Å²) in [6.07, 6.45) is 3.17. The summed E-state index contributed by atoms with van der Waals surface area (Å²) in [6.45, 7) is 0.993. The zero-order valence-corrected chi connectivity index (χ0v) is 16.6. The van der Waals surface area contributed by atoms with Crippen molar-refractivity contribution >= 4 is 39.3 Å². The number of hydrogen-bond donors (Lipinski definition) is 1. The smallest absolute Gasteiger partial charge is 0.250 e. The number of ether oxygens (including phenoxy) is 3. The predicted molar refractivity (Wildman–Crippen MR) is 111 cm³/mol. The Morgan fingerprint density at radius 2 is 2.04 bits per heavy atom. The van der Waals surface area contributed by atoms with Gasteiger partial charge in [-0.2, -0.15) is 4.98 Å². The van der Waals surface area contributed by atoms with Crippen molar-refractivity contribution in [1.29, 1.82) is 0 Å². The largest absolute Gasteiger partial charge is 0.491 e. The molecule has 0 radical (unpaired) electrons. The van der Waals surface area contributed by atoms with Crippen molar-refractivity contribution < 1.29 is 14.2 Å². The SMILES string of the molecule is COCCOc1ccc2c(c1)C=Nc1c(Nc3cccc(Br)c3)ncnc1O2. The number of methoxy groups -OCH3 is 1. The molecule has 1 aliphatic heterocycles. The number of aliphatic imine (C=N–C) groups is 1. The minimum atomic E-state index is 0.385. The second kappa shape index (κ2) is 8.37. The number of rotatable bonds is 6. The van der Waals surface area contributed by atoms with Crippen LogP contribution in [-0.2, 0) is 4.74 Å². The molecular weight excluding hydrogens is 424 g/mol. The lowest BCUT2D eigenvalue weighted by atomic mass is 10.2. The average molecular weight is 441 g/mol. The number of nitrogens with one attached hydrogen (secondary N) is 1. The summed E-state index contributed by atoms with van der Waals surface area (Å²) in [7, 11) is 1.64. The third kappa shape index (κ3) is 4.13. The van der Waals surface area contributed by atoms with Gasteiger partial charge in [0, 0.05) is 29.0 Å². The van der Waals surface area contributed by atoms with Crippen LogP contribution in [0.25, 0.3) is 0 Å². The van der Waals surface area contributed by atoms with Gasteiger partial charge in [0.05, 0.1) is 6.61 Å². The highest BCUT2D eigenvalue weighted by molar-refractivity contribution is 9.10. The maximum absolute atomic E-state index is 5.98. The van der Waals surface area contributed by atoms with Gasteiger partial charge in [-0.1, -0.05) is 22.0 Å². The van der Waals surface area contributed by atoms with Gasteiger partial charge in [-0.05, 0) is 36.4 Å². The number of halogens is 1. The number of fused-ring (bicyclic) bond motifs is 2. The normalized spacial score (nSPS) is 11.8. The topological polar surface area (TPSA) is 77.9 Å². The summed E-state index contributed by atoms with van der Waals surface area (Å²) in [4.78, 5) is 13.1. The number of nitrogens with zero attached hydrogens (tertiary/aromatic N) is 3. The number of aromatic nitrogens is 2. The van der Waals surface area contributed by atoms with Crippen LogP contribution >= 0.6 is 15.9 Å². The zero-order valence-electron chi connectivity index (χ0n) is 15.1. The fourth-order valence-corrected chi connectivity index (χ4v) is 3.04. The summed E-state index contributed by atoms with van der Waals surface area (Å²) >= 11 is 3.46. The van der Waals surface area contributed by atoms with Crippen molar-refractivity contribution in [2.75, 3.05) is 25.6 Å². The van der Waals surface area contributed by atoms with Crippen LogP contribution < -0.4 is 14.8 Å². The number of benzene rings is 2. The zero-order chi connectivity index (χ0) is 19.3. The summed E-state index contributed by atoms with van der Waals surface area (Å²) in [5, 5.41) is 3.26. The molecule has 2 aromatic carbocycles. The lowest BCUT2D eigenvalue weighted by Gasteiger charge is -2.11. The van der Waals surface area contributed by atoms with Crippen LogP contribution in [0.5, 0.6) is 17.4 Å². The molecule has 0 aliphatic carbocycles. The van der Waals surface area contributed by atoms with E-state index >= 15 is 0 Å². The van der Waals surface area contributed by atoms with Gasteiger partial charge in [0.25, 0.3) is 5.88 Å². The maximum atomic E-state index is 5.98. The van der Waals surface area contributed by atoms with E-state index in [2.05, 4.69) is 36.2 Å². The molecule has 1 aromatic heterocycles. The molecule has 8 heteroatoms. The molecule has 0 saturated carbocycles. The van der Waals surface area contributed by atoms with E-state index in [0.717, 1.165) is 21.5 Å². The van der Waals surface area contributed by atoms with E-state index in [9.17, 15) is 0 Å². The average Bonchev–Trinajstić information content (AvgIpc) is 2.88. The van der Waals surface area contributed by atoms with Crippen molar-refractivity contribution in [2.24, 2.45) is 4.99 Å². The first kappa shape index (κ1) is 18.4. The van der Waals surface area contributed by atoms with Crippen molar-refractivity contribution in [2.45, 2.75) is 0 Å². The van der Waals surface area contributed by atoms with Gasteiger partial charge >= 0.3 is 0 Å². The molecule has 142 valence electrons. The van der Waals surface area contributed by atoms with Gasteiger partial charge in [-0.25, -0.2) is 9.98 Å². The molecule has 0 saturated heterocycles. The Hall–Kier alpha value is -2.97. The summed E-state index contributed by atoms with van der Waals surface area (Å²) in [5.74, 6) is 2.31. The second-order valence-corrected chi connectivity index (χ2v) is 6.83. The Bertz CT molecular complexity index is 1030. The van der Waals surface area contributed by atoms with Gasteiger partial charge in [0.15, 0.2) is 11.5 Å². The van der Waals surface area contributed by atoms with Gasteiger partial charge in [-0.3, -0.25) is 0 Å². The third-order valence-corrected chi connectivity index (χ3v) is 4.45. The molecule has 1 aliphatic rings. The molecule has 1 N–H and O–H groups in total. The first-order valence-corrected chi connectivity index (χ1v) is 9.37. The van der Waals surface area contributed by atoms with Crippen LogP contribution in [0.2, 0.25) is 0 Å². The van der Waals surface area contributed by atoms with Crippen LogP contribution in [0.4, 0.5) is 17.2 Å². The molecule has 7 nitrogen and oxygen atoms in total. The van der Waals surface area contributed by atoms with E-state index in [-0.39, 0.29) is 0 Å². The van der Waals surface area contributed by atoms with Gasteiger partial charge in [0.1, 0.15) is 24.4 Å². The molecule has 3 aromatic rings. The molecule has 2 heterocycles. The monoisotopic (exact) mass is 440 g/mol. The molecule has 0 amide bonds. The number of hydrogen-bond acceptors (Lipinski definition) is 7. The fourth-order valence-electron chi connectivity index (χ4n) is 2.64. The van der Waals surface area contributed by atoms with Crippen LogP contribution in [0, 0.1) is 0 Å². The standard InChI is InChI=1S/C20H17BrN4O3/c1-26-7-8-27-16-5-6-17-13(9-16)11-22-18-19(23-12-24-20(18)28-17)25-15-4-2-3-14(21)10-15/h2-6,9-12H,7-8H2,1H3,(H,23,24,25). The number of anilines is 2. The predicted octanol–water partition coefficient (Wildman–Crippen LogP) is 4.86. The van der Waals surface area contributed by atoms with Gasteiger partial charge < -0.3 is 19.5 Å². The Morgan fingerprint density at radius 1 is 1.11 bits per heavy atom. The van der Waals surface area contributed by atoms with Crippen LogP contribution in [0.1, 0.15) is 5.56 Å². The van der Waals surface area contributed by atoms with Crippen molar-refractivity contribution in [1.82, 2.24) is 9.97 Å². The Morgan fingerprint density at radius 3 is 2.89 bits per heavy atom. The lowest BCUT2D eigenvalue weighted by Crippen LogP contribution is -2.04. The molecule has 4 rings (SSSR count). The molecule has 0 spiro atoms. The van der Waals surface area contributed by atoms with Gasteiger partial charge in [0.2, 0.25) is 0 Å². The molecule has 0 bridgehead atoms. The van der Waals surface area contributed by atoms with Crippen molar-refractivity contribution in [3.8, 4) is 17.4 Å². The lowest BCUT2D eigenvalue weighted by molar-refractivity contribution is 0.146. The van der Waals surface area contributed by atoms with Crippen molar-refractivity contribution in [3.05, 3.63) is 58.8 Å². The minimum Gasteiger partial charge on any atom is -0.491 e. The van der Waals surface area contributed by atoms with Crippen LogP contribution in [0.15, 0.2) is 58.3 Å². The van der Waals surface area contributed by atoms with E-state index in [1.54, 1.807) is 13.3 Å². The minimum absolute atomic E-state index is 0.385. The summed E-state index contributed by atoms with van der Waals surface area (Å²) in [5.41, 5.74) is 2.20. The van der Waals surface area contributed by atoms with E-state index in [0.29, 0.717) is 36.3 Å². The first-order valence-electron chi connectivity index (χ1n) is 8.58. The van der Waals surface area contributed by atoms with Crippen molar-refractivity contribution in [3.63, 3.8) is 0 Å². The quantitative estimate of drug-likeness (QED) is 0.431. The summed E-state index contributed by atoms with van der Waals surface area (Å²) in [6, 6.07) is 13.3. The van der Waals surface area contributed by atoms with Crippen LogP contribution in [-0.4, -0.2) is 36.5 Å². The molecule has 0 unspecified atom stereocenters.